The summed E-state index contributed by atoms with van der Waals surface area (Å²) in [5, 5.41) is 15.5. The number of ether oxygens (including phenoxy) is 1. The Morgan fingerprint density at radius 1 is 1.14 bits per heavy atom. The smallest absolute Gasteiger partial charge is 0.276 e. The molecular formula is C22H20ClN3O3. The van der Waals surface area contributed by atoms with Crippen molar-refractivity contribution in [2.24, 2.45) is 0 Å². The first-order valence-electron chi connectivity index (χ1n) is 9.30. The minimum Gasteiger partial charge on any atom is -0.494 e. The number of halogens is 1. The number of aliphatic hydroxyl groups excluding tert-OH is 1. The minimum atomic E-state index is -0.845. The van der Waals surface area contributed by atoms with Crippen molar-refractivity contribution in [3.05, 3.63) is 87.9 Å². The maximum Gasteiger partial charge on any atom is 0.276 e. The Bertz CT molecular complexity index is 1200. The summed E-state index contributed by atoms with van der Waals surface area (Å²) in [6.07, 6.45) is 2.49. The molecule has 0 aliphatic heterocycles. The molecule has 2 heterocycles. The van der Waals surface area contributed by atoms with Crippen LogP contribution in [0.3, 0.4) is 0 Å². The average molecular weight is 410 g/mol. The van der Waals surface area contributed by atoms with Crippen LogP contribution < -0.4 is 10.3 Å². The third kappa shape index (κ3) is 4.04. The van der Waals surface area contributed by atoms with Crippen LogP contribution in [-0.2, 0) is 6.54 Å². The van der Waals surface area contributed by atoms with E-state index in [1.165, 1.54) is 4.57 Å². The van der Waals surface area contributed by atoms with Crippen LogP contribution in [0.2, 0.25) is 5.02 Å². The van der Waals surface area contributed by atoms with Crippen LogP contribution in [0.15, 0.2) is 71.8 Å². The molecule has 2 aromatic heterocycles. The van der Waals surface area contributed by atoms with E-state index in [1.54, 1.807) is 47.2 Å². The van der Waals surface area contributed by atoms with Crippen LogP contribution in [0, 0.1) is 0 Å². The highest BCUT2D eigenvalue weighted by Gasteiger charge is 2.13. The van der Waals surface area contributed by atoms with Gasteiger partial charge in [-0.3, -0.25) is 4.79 Å². The maximum atomic E-state index is 12.9. The molecule has 6 nitrogen and oxygen atoms in total. The van der Waals surface area contributed by atoms with Crippen LogP contribution in [-0.4, -0.2) is 25.9 Å². The van der Waals surface area contributed by atoms with Gasteiger partial charge in [0.15, 0.2) is 0 Å². The van der Waals surface area contributed by atoms with Crippen LogP contribution >= 0.6 is 11.6 Å². The van der Waals surface area contributed by atoms with Gasteiger partial charge in [-0.2, -0.15) is 5.10 Å². The summed E-state index contributed by atoms with van der Waals surface area (Å²) in [4.78, 5) is 12.9. The second-order valence-electron chi connectivity index (χ2n) is 6.64. The molecule has 1 N–H and O–H groups in total. The molecule has 1 atom stereocenters. The van der Waals surface area contributed by atoms with E-state index in [-0.39, 0.29) is 12.1 Å². The highest BCUT2D eigenvalue weighted by molar-refractivity contribution is 6.30. The number of hydrogen-bond acceptors (Lipinski definition) is 4. The molecule has 29 heavy (non-hydrogen) atoms. The van der Waals surface area contributed by atoms with Crippen molar-refractivity contribution >= 4 is 17.1 Å². The van der Waals surface area contributed by atoms with E-state index in [4.69, 9.17) is 16.3 Å². The molecule has 0 fully saturated rings. The van der Waals surface area contributed by atoms with E-state index in [1.807, 2.05) is 31.2 Å². The van der Waals surface area contributed by atoms with Gasteiger partial charge >= 0.3 is 0 Å². The normalized spacial score (nSPS) is 12.2. The number of aliphatic hydroxyl groups is 1. The monoisotopic (exact) mass is 409 g/mol. The number of fused-ring (bicyclic) bond motifs is 1. The van der Waals surface area contributed by atoms with E-state index >= 15 is 0 Å². The fourth-order valence-electron chi connectivity index (χ4n) is 3.21. The summed E-state index contributed by atoms with van der Waals surface area (Å²) in [6, 6.07) is 16.3. The third-order valence-electron chi connectivity index (χ3n) is 4.67. The van der Waals surface area contributed by atoms with Crippen molar-refractivity contribution in [2.45, 2.75) is 19.6 Å². The van der Waals surface area contributed by atoms with Gasteiger partial charge in [0.1, 0.15) is 11.3 Å². The van der Waals surface area contributed by atoms with Crippen LogP contribution in [0.4, 0.5) is 0 Å². The van der Waals surface area contributed by atoms with Gasteiger partial charge in [-0.25, -0.2) is 4.52 Å². The molecule has 0 bridgehead atoms. The molecule has 0 radical (unpaired) electrons. The van der Waals surface area contributed by atoms with E-state index in [9.17, 15) is 9.90 Å². The lowest BCUT2D eigenvalue weighted by atomic mass is 10.1. The number of hydrogen-bond donors (Lipinski definition) is 1. The summed E-state index contributed by atoms with van der Waals surface area (Å²) < 4.78 is 8.49. The van der Waals surface area contributed by atoms with Gasteiger partial charge in [-0.1, -0.05) is 23.7 Å². The van der Waals surface area contributed by atoms with Gasteiger partial charge in [0.25, 0.3) is 5.56 Å². The third-order valence-corrected chi connectivity index (χ3v) is 4.90. The molecule has 7 heteroatoms. The molecule has 0 spiro atoms. The molecule has 4 rings (SSSR count). The lowest BCUT2D eigenvalue weighted by Gasteiger charge is -2.13. The topological polar surface area (TPSA) is 68.8 Å². The van der Waals surface area contributed by atoms with Crippen molar-refractivity contribution in [3.63, 3.8) is 0 Å². The van der Waals surface area contributed by atoms with Crippen molar-refractivity contribution in [1.82, 2.24) is 14.2 Å². The summed E-state index contributed by atoms with van der Waals surface area (Å²) >= 11 is 5.99. The van der Waals surface area contributed by atoms with Gasteiger partial charge in [0.05, 0.1) is 24.9 Å². The Morgan fingerprint density at radius 2 is 1.93 bits per heavy atom. The van der Waals surface area contributed by atoms with E-state index in [0.29, 0.717) is 28.4 Å². The SMILES string of the molecule is CCOc1ccc(-c2cc3c(=O)n(C[C@H](O)c4cccc(Cl)c4)ccn3n2)cc1. The summed E-state index contributed by atoms with van der Waals surface area (Å²) in [5.74, 6) is 0.789. The lowest BCUT2D eigenvalue weighted by molar-refractivity contribution is 0.155. The Balaban J connectivity index is 1.63. The zero-order valence-corrected chi connectivity index (χ0v) is 16.6. The van der Waals surface area contributed by atoms with Crippen LogP contribution in [0.5, 0.6) is 5.75 Å². The number of benzene rings is 2. The van der Waals surface area contributed by atoms with Gasteiger partial charge in [0.2, 0.25) is 0 Å². The van der Waals surface area contributed by atoms with Crippen molar-refractivity contribution in [2.75, 3.05) is 6.61 Å². The summed E-state index contributed by atoms with van der Waals surface area (Å²) in [5.41, 5.74) is 2.46. The zero-order valence-electron chi connectivity index (χ0n) is 15.8. The first-order valence-corrected chi connectivity index (χ1v) is 9.68. The second-order valence-corrected chi connectivity index (χ2v) is 7.08. The Labute approximate surface area is 172 Å². The van der Waals surface area contributed by atoms with E-state index in [0.717, 1.165) is 11.3 Å². The molecular weight excluding hydrogens is 390 g/mol. The molecule has 0 saturated heterocycles. The highest BCUT2D eigenvalue weighted by atomic mass is 35.5. The molecule has 0 amide bonds. The lowest BCUT2D eigenvalue weighted by Crippen LogP contribution is -2.24. The fourth-order valence-corrected chi connectivity index (χ4v) is 3.40. The Hall–Kier alpha value is -3.09. The second kappa shape index (κ2) is 8.11. The van der Waals surface area contributed by atoms with Gasteiger partial charge < -0.3 is 14.4 Å². The fraction of sp³-hybridized carbons (Fsp3) is 0.182. The van der Waals surface area contributed by atoms with Crippen LogP contribution in [0.1, 0.15) is 18.6 Å². The molecule has 0 aliphatic carbocycles. The largest absolute Gasteiger partial charge is 0.494 e. The molecule has 4 aromatic rings. The molecule has 148 valence electrons. The maximum absolute atomic E-state index is 12.9. The quantitative estimate of drug-likeness (QED) is 0.523. The van der Waals surface area contributed by atoms with E-state index in [2.05, 4.69) is 5.10 Å². The number of nitrogens with zero attached hydrogens (tertiary/aromatic N) is 3. The Morgan fingerprint density at radius 3 is 2.66 bits per heavy atom. The van der Waals surface area contributed by atoms with E-state index < -0.39 is 6.10 Å². The highest BCUT2D eigenvalue weighted by Crippen LogP contribution is 2.22. The predicted molar refractivity (Wildman–Crippen MR) is 112 cm³/mol. The minimum absolute atomic E-state index is 0.124. The Kier molecular flexibility index (Phi) is 5.38. The first-order chi connectivity index (χ1) is 14.0. The van der Waals surface area contributed by atoms with Crippen molar-refractivity contribution in [3.8, 4) is 17.0 Å². The molecule has 0 unspecified atom stereocenters. The average Bonchev–Trinajstić information content (AvgIpc) is 3.16. The standard InChI is InChI=1S/C22H20ClN3O3/c1-2-29-18-8-6-15(7-9-18)19-13-20-22(28)25(10-11-26(20)24-19)14-21(27)16-4-3-5-17(23)12-16/h3-13,21,27H,2,14H2,1H3/t21-/m0/s1. The number of aromatic nitrogens is 3. The summed E-state index contributed by atoms with van der Waals surface area (Å²) in [7, 11) is 0. The van der Waals surface area contributed by atoms with Crippen molar-refractivity contribution in [1.29, 1.82) is 0 Å². The van der Waals surface area contributed by atoms with Gasteiger partial charge in [-0.15, -0.1) is 0 Å². The molecule has 2 aromatic carbocycles. The zero-order chi connectivity index (χ0) is 20.4. The summed E-state index contributed by atoms with van der Waals surface area (Å²) in [6.45, 7) is 2.66. The molecule has 0 saturated carbocycles. The van der Waals surface area contributed by atoms with Crippen molar-refractivity contribution < 1.29 is 9.84 Å². The number of rotatable bonds is 6. The molecule has 0 aliphatic rings. The van der Waals surface area contributed by atoms with Gasteiger partial charge in [0, 0.05) is 23.0 Å². The predicted octanol–water partition coefficient (Wildman–Crippen LogP) is 3.95. The van der Waals surface area contributed by atoms with Crippen LogP contribution in [0.25, 0.3) is 16.8 Å². The van der Waals surface area contributed by atoms with Gasteiger partial charge in [-0.05, 0) is 55.0 Å². The first kappa shape index (κ1) is 19.2.